The summed E-state index contributed by atoms with van der Waals surface area (Å²) in [5, 5.41) is 0. The summed E-state index contributed by atoms with van der Waals surface area (Å²) in [5.74, 6) is -0.244. The number of carbonyl (C=O) groups excluding carboxylic acids is 2. The third-order valence-electron chi connectivity index (χ3n) is 3.24. The molecule has 1 aliphatic rings. The first-order valence-corrected chi connectivity index (χ1v) is 9.80. The molecule has 1 unspecified atom stereocenters. The van der Waals surface area contributed by atoms with Gasteiger partial charge in [-0.2, -0.15) is 0 Å². The Morgan fingerprint density at radius 1 is 1.36 bits per heavy atom. The van der Waals surface area contributed by atoms with Crippen LogP contribution in [-0.2, 0) is 23.4 Å². The first kappa shape index (κ1) is 23.6. The van der Waals surface area contributed by atoms with Crippen molar-refractivity contribution < 1.29 is 27.9 Å². The van der Waals surface area contributed by atoms with Gasteiger partial charge in [0.05, 0.1) is 27.3 Å². The van der Waals surface area contributed by atoms with E-state index in [1.807, 2.05) is 21.1 Å². The Hall–Kier alpha value is -1.43. The van der Waals surface area contributed by atoms with Crippen LogP contribution in [0.5, 0.6) is 0 Å². The van der Waals surface area contributed by atoms with Crippen LogP contribution in [0.25, 0.3) is 0 Å². The Morgan fingerprint density at radius 3 is 2.40 bits per heavy atom. The van der Waals surface area contributed by atoms with Crippen LogP contribution in [0.4, 0.5) is 0 Å². The van der Waals surface area contributed by atoms with E-state index in [-0.39, 0.29) is 18.7 Å². The van der Waals surface area contributed by atoms with Crippen LogP contribution >= 0.6 is 8.03 Å². The molecule has 1 aliphatic heterocycles. The standard InChI is InChI=1S/C11H23NO4P.C6H9NO/c1-10(2)11(13)15-8-9-17(14)16-7-6-12(3,4)5;1-2-7-5-3-4-6(7)8/h17H,1,6-9H2,2-5H3;2H,1,3-5H2/q+1;. The molecule has 1 rings (SSSR count). The Morgan fingerprint density at radius 2 is 2.00 bits per heavy atom. The molecule has 0 N–H and O–H groups in total. The van der Waals surface area contributed by atoms with Crippen molar-refractivity contribution in [3.05, 3.63) is 24.9 Å². The smallest absolute Gasteiger partial charge is 0.333 e. The maximum atomic E-state index is 11.4. The Bertz CT molecular complexity index is 500. The summed E-state index contributed by atoms with van der Waals surface area (Å²) in [6, 6.07) is 0. The van der Waals surface area contributed by atoms with Crippen LogP contribution < -0.4 is 0 Å². The van der Waals surface area contributed by atoms with Gasteiger partial charge < -0.3 is 18.6 Å². The molecule has 0 aromatic carbocycles. The lowest BCUT2D eigenvalue weighted by Crippen LogP contribution is -2.37. The normalized spacial score (nSPS) is 15.2. The highest BCUT2D eigenvalue weighted by Crippen LogP contribution is 2.21. The van der Waals surface area contributed by atoms with Crippen molar-refractivity contribution in [2.75, 3.05) is 53.6 Å². The van der Waals surface area contributed by atoms with Crippen LogP contribution in [-0.4, -0.2) is 74.9 Å². The highest BCUT2D eigenvalue weighted by atomic mass is 31.1. The summed E-state index contributed by atoms with van der Waals surface area (Å²) >= 11 is 0. The van der Waals surface area contributed by atoms with Crippen LogP contribution in [0, 0.1) is 0 Å². The summed E-state index contributed by atoms with van der Waals surface area (Å²) in [7, 11) is 4.01. The summed E-state index contributed by atoms with van der Waals surface area (Å²) in [6.45, 7) is 10.8. The minimum atomic E-state index is -2.10. The molecule has 144 valence electrons. The zero-order valence-corrected chi connectivity index (χ0v) is 16.9. The number of rotatable bonds is 9. The molecular formula is C17H32N2O5P+. The van der Waals surface area contributed by atoms with Gasteiger partial charge in [-0.3, -0.25) is 9.36 Å². The number of nitrogens with zero attached hydrogens (tertiary/aromatic N) is 2. The number of carbonyl (C=O) groups is 2. The fraction of sp³-hybridized carbons (Fsp3) is 0.647. The predicted molar refractivity (Wildman–Crippen MR) is 99.6 cm³/mol. The highest BCUT2D eigenvalue weighted by molar-refractivity contribution is 7.39. The van der Waals surface area contributed by atoms with E-state index in [9.17, 15) is 14.2 Å². The average molecular weight is 375 g/mol. The lowest BCUT2D eigenvalue weighted by molar-refractivity contribution is -0.870. The first-order chi connectivity index (χ1) is 11.6. The number of hydrogen-bond acceptors (Lipinski definition) is 5. The van der Waals surface area contributed by atoms with Crippen LogP contribution in [0.2, 0.25) is 0 Å². The van der Waals surface area contributed by atoms with E-state index in [2.05, 4.69) is 13.2 Å². The molecule has 7 nitrogen and oxygen atoms in total. The fourth-order valence-electron chi connectivity index (χ4n) is 1.72. The lowest BCUT2D eigenvalue weighted by atomic mass is 10.4. The summed E-state index contributed by atoms with van der Waals surface area (Å²) in [5.41, 5.74) is 0.343. The van der Waals surface area contributed by atoms with Gasteiger partial charge in [-0.15, -0.1) is 0 Å². The van der Waals surface area contributed by atoms with Gasteiger partial charge in [0.2, 0.25) is 5.91 Å². The van der Waals surface area contributed by atoms with Crippen LogP contribution in [0.1, 0.15) is 19.8 Å². The molecule has 8 heteroatoms. The van der Waals surface area contributed by atoms with Gasteiger partial charge in [0.15, 0.2) is 8.03 Å². The Kier molecular flexibility index (Phi) is 11.3. The van der Waals surface area contributed by atoms with Crippen molar-refractivity contribution in [2.24, 2.45) is 0 Å². The zero-order valence-electron chi connectivity index (χ0n) is 15.9. The molecule has 0 aliphatic carbocycles. The van der Waals surface area contributed by atoms with Crippen molar-refractivity contribution in [3.63, 3.8) is 0 Å². The molecule has 0 spiro atoms. The van der Waals surface area contributed by atoms with E-state index in [0.29, 0.717) is 18.6 Å². The van der Waals surface area contributed by atoms with Crippen molar-refractivity contribution in [3.8, 4) is 0 Å². The maximum Gasteiger partial charge on any atom is 0.333 e. The van der Waals surface area contributed by atoms with Gasteiger partial charge in [-0.05, 0) is 19.5 Å². The van der Waals surface area contributed by atoms with E-state index in [1.165, 1.54) is 0 Å². The van der Waals surface area contributed by atoms with E-state index in [1.54, 1.807) is 18.0 Å². The van der Waals surface area contributed by atoms with E-state index in [4.69, 9.17) is 9.26 Å². The molecule has 25 heavy (non-hydrogen) atoms. The van der Waals surface area contributed by atoms with Gasteiger partial charge in [-0.25, -0.2) is 4.79 Å². The highest BCUT2D eigenvalue weighted by Gasteiger charge is 2.16. The Labute approximate surface area is 151 Å². The monoisotopic (exact) mass is 375 g/mol. The maximum absolute atomic E-state index is 11.4. The SMILES string of the molecule is C=C(C)C(=O)OCC[PH](=O)OCC[N+](C)(C)C.C=CN1CCCC1=O. The summed E-state index contributed by atoms with van der Waals surface area (Å²) < 4.78 is 22.2. The number of amides is 1. The van der Waals surface area contributed by atoms with Crippen molar-refractivity contribution in [1.29, 1.82) is 0 Å². The van der Waals surface area contributed by atoms with E-state index in [0.717, 1.165) is 24.0 Å². The lowest BCUT2D eigenvalue weighted by Gasteiger charge is -2.23. The summed E-state index contributed by atoms with van der Waals surface area (Å²) in [6.07, 6.45) is 3.55. The number of likely N-dealkylation sites (tertiary alicyclic amines) is 1. The van der Waals surface area contributed by atoms with E-state index < -0.39 is 14.0 Å². The zero-order chi connectivity index (χ0) is 19.5. The number of hydrogen-bond donors (Lipinski definition) is 0. The largest absolute Gasteiger partial charge is 0.462 e. The third-order valence-corrected chi connectivity index (χ3v) is 4.38. The van der Waals surface area contributed by atoms with Crippen LogP contribution in [0.3, 0.4) is 0 Å². The minimum Gasteiger partial charge on any atom is -0.462 e. The second-order valence-corrected chi connectivity index (χ2v) is 8.31. The number of quaternary nitrogens is 1. The van der Waals surface area contributed by atoms with Gasteiger partial charge in [0.25, 0.3) is 0 Å². The molecule has 0 aromatic rings. The molecule has 0 radical (unpaired) electrons. The van der Waals surface area contributed by atoms with Gasteiger partial charge in [-0.1, -0.05) is 13.2 Å². The molecular weight excluding hydrogens is 343 g/mol. The second-order valence-electron chi connectivity index (χ2n) is 6.77. The average Bonchev–Trinajstić information content (AvgIpc) is 2.91. The molecule has 1 saturated heterocycles. The molecule has 0 saturated carbocycles. The molecule has 1 amide bonds. The number of ether oxygens (including phenoxy) is 1. The topological polar surface area (TPSA) is 72.9 Å². The quantitative estimate of drug-likeness (QED) is 0.267. The molecule has 0 bridgehead atoms. The second kappa shape index (κ2) is 12.0. The van der Waals surface area contributed by atoms with Gasteiger partial charge in [0, 0.05) is 18.5 Å². The third kappa shape index (κ3) is 12.6. The molecule has 1 atom stereocenters. The molecule has 1 heterocycles. The van der Waals surface area contributed by atoms with Gasteiger partial charge >= 0.3 is 5.97 Å². The van der Waals surface area contributed by atoms with Crippen molar-refractivity contribution >= 4 is 19.9 Å². The van der Waals surface area contributed by atoms with Crippen molar-refractivity contribution in [1.82, 2.24) is 4.90 Å². The van der Waals surface area contributed by atoms with Gasteiger partial charge in [0.1, 0.15) is 19.8 Å². The summed E-state index contributed by atoms with van der Waals surface area (Å²) in [4.78, 5) is 23.3. The minimum absolute atomic E-state index is 0.119. The van der Waals surface area contributed by atoms with Crippen molar-refractivity contribution in [2.45, 2.75) is 19.8 Å². The van der Waals surface area contributed by atoms with Crippen LogP contribution in [0.15, 0.2) is 24.9 Å². The first-order valence-electron chi connectivity index (χ1n) is 8.27. The number of likely N-dealkylation sites (N-methyl/N-ethyl adjacent to an activating group) is 1. The molecule has 1 fully saturated rings. The molecule has 0 aromatic heterocycles. The van der Waals surface area contributed by atoms with E-state index >= 15 is 0 Å². The predicted octanol–water partition coefficient (Wildman–Crippen LogP) is 2.06. The fourth-order valence-corrected chi connectivity index (χ4v) is 2.45. The number of esters is 1. The Balaban J connectivity index is 0.000000593.